The van der Waals surface area contributed by atoms with E-state index in [1.807, 2.05) is 0 Å². The molecule has 20 heavy (non-hydrogen) atoms. The Morgan fingerprint density at radius 2 is 2.15 bits per heavy atom. The van der Waals surface area contributed by atoms with E-state index in [1.54, 1.807) is 30.1 Å². The molecule has 0 aliphatic rings. The van der Waals surface area contributed by atoms with Gasteiger partial charge in [0.2, 0.25) is 10.0 Å². The molecular formula is C12H14ClN3O3S. The Morgan fingerprint density at radius 1 is 1.40 bits per heavy atom. The molecular weight excluding hydrogens is 302 g/mol. The van der Waals surface area contributed by atoms with Gasteiger partial charge in [0.15, 0.2) is 0 Å². The van der Waals surface area contributed by atoms with Crippen molar-refractivity contribution in [1.29, 1.82) is 0 Å². The summed E-state index contributed by atoms with van der Waals surface area (Å²) in [5.74, 6) is 0. The van der Waals surface area contributed by atoms with E-state index in [2.05, 4.69) is 9.82 Å². The van der Waals surface area contributed by atoms with Crippen LogP contribution >= 0.6 is 11.6 Å². The van der Waals surface area contributed by atoms with Crippen LogP contribution in [-0.2, 0) is 30.2 Å². The average molecular weight is 316 g/mol. The molecule has 0 unspecified atom stereocenters. The summed E-state index contributed by atoms with van der Waals surface area (Å²) in [6.45, 7) is -0.139. The largest absolute Gasteiger partial charge is 0.392 e. The Labute approximate surface area is 122 Å². The van der Waals surface area contributed by atoms with Crippen molar-refractivity contribution in [1.82, 2.24) is 14.5 Å². The predicted octanol–water partition coefficient (Wildman–Crippen LogP) is 1.04. The number of aliphatic hydroxyl groups excluding tert-OH is 1. The molecule has 2 N–H and O–H groups in total. The van der Waals surface area contributed by atoms with E-state index in [1.165, 1.54) is 12.1 Å². The highest BCUT2D eigenvalue weighted by atomic mass is 35.5. The number of hydrogen-bond acceptors (Lipinski definition) is 4. The molecule has 0 fully saturated rings. The third-order valence-electron chi connectivity index (χ3n) is 2.83. The molecule has 8 heteroatoms. The van der Waals surface area contributed by atoms with Gasteiger partial charge in [-0.3, -0.25) is 4.68 Å². The molecule has 108 valence electrons. The Bertz CT molecular complexity index is 712. The lowest BCUT2D eigenvalue weighted by Crippen LogP contribution is -2.24. The van der Waals surface area contributed by atoms with Gasteiger partial charge < -0.3 is 5.11 Å². The van der Waals surface area contributed by atoms with Crippen molar-refractivity contribution in [3.8, 4) is 0 Å². The third kappa shape index (κ3) is 3.18. The number of nitrogens with one attached hydrogen (secondary N) is 1. The van der Waals surface area contributed by atoms with E-state index < -0.39 is 10.0 Å². The van der Waals surface area contributed by atoms with Crippen molar-refractivity contribution < 1.29 is 13.5 Å². The summed E-state index contributed by atoms with van der Waals surface area (Å²) in [5, 5.41) is 13.1. The van der Waals surface area contributed by atoms with Crippen LogP contribution in [0.5, 0.6) is 0 Å². The molecule has 0 atom stereocenters. The van der Waals surface area contributed by atoms with Crippen LogP contribution in [0.25, 0.3) is 0 Å². The van der Waals surface area contributed by atoms with Gasteiger partial charge in [-0.15, -0.1) is 0 Å². The molecule has 0 aliphatic heterocycles. The SMILES string of the molecule is Cn1nccc1CNS(=O)(=O)c1cc(CO)ccc1Cl. The van der Waals surface area contributed by atoms with E-state index in [0.717, 1.165) is 5.69 Å². The summed E-state index contributed by atoms with van der Waals surface area (Å²) in [6, 6.07) is 6.09. The summed E-state index contributed by atoms with van der Waals surface area (Å²) in [4.78, 5) is -0.0483. The summed E-state index contributed by atoms with van der Waals surface area (Å²) in [6.07, 6.45) is 1.59. The fraction of sp³-hybridized carbons (Fsp3) is 0.250. The highest BCUT2D eigenvalue weighted by Crippen LogP contribution is 2.22. The first-order valence-electron chi connectivity index (χ1n) is 5.80. The molecule has 0 saturated carbocycles. The van der Waals surface area contributed by atoms with Crippen LogP contribution in [0.2, 0.25) is 5.02 Å². The lowest BCUT2D eigenvalue weighted by Gasteiger charge is -2.09. The molecule has 1 heterocycles. The van der Waals surface area contributed by atoms with Crippen LogP contribution in [0.3, 0.4) is 0 Å². The molecule has 2 rings (SSSR count). The van der Waals surface area contributed by atoms with Crippen LogP contribution in [0.4, 0.5) is 0 Å². The van der Waals surface area contributed by atoms with Gasteiger partial charge in [0, 0.05) is 13.2 Å². The number of hydrogen-bond donors (Lipinski definition) is 2. The summed E-state index contributed by atoms with van der Waals surface area (Å²) >= 11 is 5.91. The van der Waals surface area contributed by atoms with E-state index in [4.69, 9.17) is 16.7 Å². The predicted molar refractivity (Wildman–Crippen MR) is 74.6 cm³/mol. The smallest absolute Gasteiger partial charge is 0.242 e. The molecule has 0 amide bonds. The van der Waals surface area contributed by atoms with Gasteiger partial charge in [-0.1, -0.05) is 17.7 Å². The number of aliphatic hydroxyl groups is 1. The van der Waals surface area contributed by atoms with Crippen molar-refractivity contribution in [2.75, 3.05) is 0 Å². The van der Waals surface area contributed by atoms with E-state index >= 15 is 0 Å². The van der Waals surface area contributed by atoms with Gasteiger partial charge in [0.1, 0.15) is 4.90 Å². The number of benzene rings is 1. The lowest BCUT2D eigenvalue weighted by molar-refractivity contribution is 0.281. The quantitative estimate of drug-likeness (QED) is 0.863. The van der Waals surface area contributed by atoms with Crippen molar-refractivity contribution in [3.05, 3.63) is 46.7 Å². The first-order chi connectivity index (χ1) is 9.44. The second-order valence-corrected chi connectivity index (χ2v) is 6.34. The van der Waals surface area contributed by atoms with Crippen LogP contribution < -0.4 is 4.72 Å². The molecule has 0 aliphatic carbocycles. The Balaban J connectivity index is 2.24. The second-order valence-electron chi connectivity index (χ2n) is 4.19. The summed E-state index contributed by atoms with van der Waals surface area (Å²) in [7, 11) is -2.03. The first-order valence-corrected chi connectivity index (χ1v) is 7.66. The maximum atomic E-state index is 12.2. The van der Waals surface area contributed by atoms with Gasteiger partial charge in [-0.25, -0.2) is 13.1 Å². The van der Waals surface area contributed by atoms with Crippen LogP contribution in [-0.4, -0.2) is 23.3 Å². The van der Waals surface area contributed by atoms with E-state index in [0.29, 0.717) is 5.56 Å². The topological polar surface area (TPSA) is 84.2 Å². The van der Waals surface area contributed by atoms with Crippen molar-refractivity contribution in [2.24, 2.45) is 7.05 Å². The zero-order valence-electron chi connectivity index (χ0n) is 10.7. The summed E-state index contributed by atoms with van der Waals surface area (Å²) < 4.78 is 28.5. The van der Waals surface area contributed by atoms with Gasteiger partial charge >= 0.3 is 0 Å². The first kappa shape index (κ1) is 15.0. The lowest BCUT2D eigenvalue weighted by atomic mass is 10.2. The third-order valence-corrected chi connectivity index (χ3v) is 4.72. The second kappa shape index (κ2) is 5.92. The molecule has 0 saturated heterocycles. The van der Waals surface area contributed by atoms with Crippen molar-refractivity contribution in [2.45, 2.75) is 18.0 Å². The average Bonchev–Trinajstić information content (AvgIpc) is 2.82. The fourth-order valence-corrected chi connectivity index (χ4v) is 3.22. The van der Waals surface area contributed by atoms with Crippen molar-refractivity contribution in [3.63, 3.8) is 0 Å². The molecule has 0 radical (unpaired) electrons. The molecule has 0 bridgehead atoms. The Kier molecular flexibility index (Phi) is 4.44. The maximum Gasteiger partial charge on any atom is 0.242 e. The number of halogens is 1. The Morgan fingerprint density at radius 3 is 2.75 bits per heavy atom. The monoisotopic (exact) mass is 315 g/mol. The zero-order valence-corrected chi connectivity index (χ0v) is 12.3. The maximum absolute atomic E-state index is 12.2. The zero-order chi connectivity index (χ0) is 14.8. The summed E-state index contributed by atoms with van der Waals surface area (Å²) in [5.41, 5.74) is 1.21. The number of aryl methyl sites for hydroxylation is 1. The number of aromatic nitrogens is 2. The number of rotatable bonds is 5. The minimum absolute atomic E-state index is 0.0483. The van der Waals surface area contributed by atoms with Gasteiger partial charge in [0.05, 0.1) is 23.9 Å². The Hall–Kier alpha value is -1.41. The van der Waals surface area contributed by atoms with Crippen LogP contribution in [0.1, 0.15) is 11.3 Å². The highest BCUT2D eigenvalue weighted by molar-refractivity contribution is 7.89. The minimum atomic E-state index is -3.75. The standard InChI is InChI=1S/C12H14ClN3O3S/c1-16-10(4-5-14-16)7-15-20(18,19)12-6-9(8-17)2-3-11(12)13/h2-6,15,17H,7-8H2,1H3. The molecule has 1 aromatic carbocycles. The molecule has 1 aromatic heterocycles. The molecule has 6 nitrogen and oxygen atoms in total. The fourth-order valence-electron chi connectivity index (χ4n) is 1.67. The number of nitrogens with zero attached hydrogens (tertiary/aromatic N) is 2. The molecule has 2 aromatic rings. The highest BCUT2D eigenvalue weighted by Gasteiger charge is 2.18. The minimum Gasteiger partial charge on any atom is -0.392 e. The number of sulfonamides is 1. The van der Waals surface area contributed by atoms with E-state index in [9.17, 15) is 8.42 Å². The van der Waals surface area contributed by atoms with Gasteiger partial charge in [-0.2, -0.15) is 5.10 Å². The van der Waals surface area contributed by atoms with Crippen LogP contribution in [0.15, 0.2) is 35.4 Å². The van der Waals surface area contributed by atoms with Gasteiger partial charge in [0.25, 0.3) is 0 Å². The normalized spacial score (nSPS) is 11.8. The van der Waals surface area contributed by atoms with E-state index in [-0.39, 0.29) is 23.1 Å². The van der Waals surface area contributed by atoms with Crippen molar-refractivity contribution >= 4 is 21.6 Å². The van der Waals surface area contributed by atoms with Gasteiger partial charge in [-0.05, 0) is 23.8 Å². The molecule has 0 spiro atoms. The van der Waals surface area contributed by atoms with Crippen LogP contribution in [0, 0.1) is 0 Å².